The van der Waals surface area contributed by atoms with Crippen molar-refractivity contribution < 1.29 is 14.3 Å². The van der Waals surface area contributed by atoms with E-state index in [4.69, 9.17) is 4.74 Å². The Hall–Kier alpha value is -2.33. The maximum atomic E-state index is 11.1. The van der Waals surface area contributed by atoms with E-state index in [0.29, 0.717) is 5.75 Å². The van der Waals surface area contributed by atoms with Gasteiger partial charge in [-0.15, -0.1) is 0 Å². The lowest BCUT2D eigenvalue weighted by Gasteiger charge is -2.08. The Bertz CT molecular complexity index is 695. The summed E-state index contributed by atoms with van der Waals surface area (Å²) in [5, 5.41) is 3.47. The van der Waals surface area contributed by atoms with Gasteiger partial charge in [-0.3, -0.25) is 0 Å². The summed E-state index contributed by atoms with van der Waals surface area (Å²) in [5.41, 5.74) is 3.91. The first-order valence-electron chi connectivity index (χ1n) is 10.8. The Morgan fingerprint density at radius 1 is 0.793 bits per heavy atom. The summed E-state index contributed by atoms with van der Waals surface area (Å²) in [6.07, 6.45) is 9.25. The lowest BCUT2D eigenvalue weighted by Crippen LogP contribution is -2.13. The second kappa shape index (κ2) is 13.8. The van der Waals surface area contributed by atoms with Gasteiger partial charge in [-0.05, 0) is 41.7 Å². The Balaban J connectivity index is 1.64. The molecule has 2 rings (SSSR count). The topological polar surface area (TPSA) is 47.6 Å². The van der Waals surface area contributed by atoms with Gasteiger partial charge in [0.1, 0.15) is 5.75 Å². The number of carbonyl (C=O) groups is 1. The van der Waals surface area contributed by atoms with E-state index in [9.17, 15) is 4.79 Å². The van der Waals surface area contributed by atoms with Gasteiger partial charge in [-0.25, -0.2) is 4.79 Å². The number of methoxy groups -OCH3 is 1. The van der Waals surface area contributed by atoms with Crippen molar-refractivity contribution in [2.24, 2.45) is 0 Å². The highest BCUT2D eigenvalue weighted by atomic mass is 16.6. The third-order valence-corrected chi connectivity index (χ3v) is 5.01. The van der Waals surface area contributed by atoms with Crippen molar-refractivity contribution in [1.82, 2.24) is 5.32 Å². The lowest BCUT2D eigenvalue weighted by atomic mass is 10.0. The summed E-state index contributed by atoms with van der Waals surface area (Å²) < 4.78 is 9.92. The number of nitrogens with one attached hydrogen (secondary N) is 1. The SMILES string of the molecule is CCCCCCCCc1ccc(CNCc2ccc(OCC(=O)OC)cc2)cc1. The van der Waals surface area contributed by atoms with Crippen LogP contribution in [0.2, 0.25) is 0 Å². The molecule has 4 heteroatoms. The van der Waals surface area contributed by atoms with E-state index in [0.717, 1.165) is 13.1 Å². The number of hydrogen-bond acceptors (Lipinski definition) is 4. The number of rotatable bonds is 14. The molecule has 0 unspecified atom stereocenters. The van der Waals surface area contributed by atoms with Crippen molar-refractivity contribution in [2.45, 2.75) is 65.0 Å². The van der Waals surface area contributed by atoms with Crippen molar-refractivity contribution in [3.63, 3.8) is 0 Å². The van der Waals surface area contributed by atoms with E-state index in [1.165, 1.54) is 68.7 Å². The van der Waals surface area contributed by atoms with E-state index in [2.05, 4.69) is 41.2 Å². The van der Waals surface area contributed by atoms with Crippen LogP contribution >= 0.6 is 0 Å². The van der Waals surface area contributed by atoms with E-state index >= 15 is 0 Å². The predicted octanol–water partition coefficient (Wildman–Crippen LogP) is 5.43. The number of unbranched alkanes of at least 4 members (excludes halogenated alkanes) is 5. The van der Waals surface area contributed by atoms with Crippen LogP contribution in [0.15, 0.2) is 48.5 Å². The van der Waals surface area contributed by atoms with Crippen LogP contribution in [0.4, 0.5) is 0 Å². The summed E-state index contributed by atoms with van der Waals surface area (Å²) in [4.78, 5) is 11.1. The Morgan fingerprint density at radius 3 is 1.97 bits per heavy atom. The van der Waals surface area contributed by atoms with Crippen LogP contribution in [0.25, 0.3) is 0 Å². The molecular formula is C25H35NO3. The van der Waals surface area contributed by atoms with Crippen LogP contribution in [0, 0.1) is 0 Å². The average Bonchev–Trinajstić information content (AvgIpc) is 2.76. The molecule has 0 bridgehead atoms. The van der Waals surface area contributed by atoms with Gasteiger partial charge in [0.15, 0.2) is 6.61 Å². The Kier molecular flexibility index (Phi) is 10.9. The van der Waals surface area contributed by atoms with E-state index < -0.39 is 0 Å². The van der Waals surface area contributed by atoms with Crippen molar-refractivity contribution in [1.29, 1.82) is 0 Å². The predicted molar refractivity (Wildman–Crippen MR) is 118 cm³/mol. The fourth-order valence-corrected chi connectivity index (χ4v) is 3.19. The molecule has 0 radical (unpaired) electrons. The first-order valence-corrected chi connectivity index (χ1v) is 10.8. The molecular weight excluding hydrogens is 362 g/mol. The van der Waals surface area contributed by atoms with Gasteiger partial charge in [0.25, 0.3) is 0 Å². The van der Waals surface area contributed by atoms with Crippen LogP contribution in [0.5, 0.6) is 5.75 Å². The minimum Gasteiger partial charge on any atom is -0.482 e. The summed E-state index contributed by atoms with van der Waals surface area (Å²) in [6, 6.07) is 16.7. The van der Waals surface area contributed by atoms with Gasteiger partial charge in [0.2, 0.25) is 0 Å². The van der Waals surface area contributed by atoms with Crippen LogP contribution in [-0.2, 0) is 29.0 Å². The van der Waals surface area contributed by atoms with Gasteiger partial charge < -0.3 is 14.8 Å². The second-order valence-corrected chi connectivity index (χ2v) is 7.45. The molecule has 158 valence electrons. The highest BCUT2D eigenvalue weighted by Crippen LogP contribution is 2.13. The molecule has 0 aliphatic heterocycles. The molecule has 0 saturated heterocycles. The van der Waals surface area contributed by atoms with E-state index in [-0.39, 0.29) is 12.6 Å². The Labute approximate surface area is 175 Å². The fourth-order valence-electron chi connectivity index (χ4n) is 3.19. The number of ether oxygens (including phenoxy) is 2. The molecule has 0 atom stereocenters. The molecule has 4 nitrogen and oxygen atoms in total. The van der Waals surface area contributed by atoms with Crippen molar-refractivity contribution >= 4 is 5.97 Å². The van der Waals surface area contributed by atoms with Crippen molar-refractivity contribution in [3.05, 3.63) is 65.2 Å². The zero-order valence-corrected chi connectivity index (χ0v) is 17.9. The smallest absolute Gasteiger partial charge is 0.343 e. The first kappa shape index (κ1) is 23.0. The van der Waals surface area contributed by atoms with E-state index in [1.54, 1.807) is 0 Å². The molecule has 0 saturated carbocycles. The molecule has 2 aromatic rings. The van der Waals surface area contributed by atoms with Crippen molar-refractivity contribution in [3.8, 4) is 5.75 Å². The summed E-state index contributed by atoms with van der Waals surface area (Å²) >= 11 is 0. The van der Waals surface area contributed by atoms with Gasteiger partial charge >= 0.3 is 5.97 Å². The molecule has 0 aromatic heterocycles. The molecule has 0 fully saturated rings. The highest BCUT2D eigenvalue weighted by molar-refractivity contribution is 5.70. The summed E-state index contributed by atoms with van der Waals surface area (Å²) in [7, 11) is 1.35. The third kappa shape index (κ3) is 9.62. The number of carbonyl (C=O) groups excluding carboxylic acids is 1. The van der Waals surface area contributed by atoms with Gasteiger partial charge in [-0.2, -0.15) is 0 Å². The normalized spacial score (nSPS) is 10.7. The number of esters is 1. The summed E-state index contributed by atoms with van der Waals surface area (Å²) in [6.45, 7) is 3.83. The molecule has 0 spiro atoms. The standard InChI is InChI=1S/C25H35NO3/c1-3-4-5-6-7-8-9-21-10-12-22(13-11-21)18-26-19-23-14-16-24(17-15-23)29-20-25(27)28-2/h10-17,26H,3-9,18-20H2,1-2H3. The second-order valence-electron chi connectivity index (χ2n) is 7.45. The molecule has 0 amide bonds. The zero-order valence-electron chi connectivity index (χ0n) is 17.9. The van der Waals surface area contributed by atoms with E-state index in [1.807, 2.05) is 24.3 Å². The number of benzene rings is 2. The molecule has 1 N–H and O–H groups in total. The maximum Gasteiger partial charge on any atom is 0.343 e. The minimum atomic E-state index is -0.381. The van der Waals surface area contributed by atoms with Crippen molar-refractivity contribution in [2.75, 3.05) is 13.7 Å². The zero-order chi connectivity index (χ0) is 20.7. The molecule has 0 aliphatic rings. The Morgan fingerprint density at radius 2 is 1.34 bits per heavy atom. The van der Waals surface area contributed by atoms with Gasteiger partial charge in [0, 0.05) is 13.1 Å². The minimum absolute atomic E-state index is 0.0665. The highest BCUT2D eigenvalue weighted by Gasteiger charge is 2.02. The van der Waals surface area contributed by atoms with Crippen LogP contribution in [0.3, 0.4) is 0 Å². The molecule has 0 aliphatic carbocycles. The monoisotopic (exact) mass is 397 g/mol. The molecule has 29 heavy (non-hydrogen) atoms. The van der Waals surface area contributed by atoms with Crippen LogP contribution in [-0.4, -0.2) is 19.7 Å². The van der Waals surface area contributed by atoms with Gasteiger partial charge in [0.05, 0.1) is 7.11 Å². The maximum absolute atomic E-state index is 11.1. The quantitative estimate of drug-likeness (QED) is 0.341. The summed E-state index contributed by atoms with van der Waals surface area (Å²) in [5.74, 6) is 0.286. The average molecular weight is 398 g/mol. The third-order valence-electron chi connectivity index (χ3n) is 5.01. The van der Waals surface area contributed by atoms with Gasteiger partial charge in [-0.1, -0.05) is 75.4 Å². The number of hydrogen-bond donors (Lipinski definition) is 1. The molecule has 0 heterocycles. The lowest BCUT2D eigenvalue weighted by molar-refractivity contribution is -0.142. The number of aryl methyl sites for hydroxylation is 1. The van der Waals surface area contributed by atoms with Crippen LogP contribution in [0.1, 0.15) is 62.1 Å². The molecule has 2 aromatic carbocycles. The largest absolute Gasteiger partial charge is 0.482 e. The fraction of sp³-hybridized carbons (Fsp3) is 0.480. The van der Waals surface area contributed by atoms with Crippen LogP contribution < -0.4 is 10.1 Å². The first-order chi connectivity index (χ1) is 14.2.